The molecule has 0 saturated heterocycles. The number of ether oxygens (including phenoxy) is 1. The number of alkyl halides is 3. The van der Waals surface area contributed by atoms with Gasteiger partial charge in [0.2, 0.25) is 0 Å². The van der Waals surface area contributed by atoms with Gasteiger partial charge in [0.05, 0.1) is 16.8 Å². The van der Waals surface area contributed by atoms with Crippen molar-refractivity contribution in [2.75, 3.05) is 11.9 Å². The minimum absolute atomic E-state index is 0.0327. The van der Waals surface area contributed by atoms with Gasteiger partial charge in [0.1, 0.15) is 23.6 Å². The Morgan fingerprint density at radius 1 is 1.22 bits per heavy atom. The van der Waals surface area contributed by atoms with E-state index >= 15 is 4.39 Å². The summed E-state index contributed by atoms with van der Waals surface area (Å²) in [6, 6.07) is 2.70. The molecule has 4 rings (SSSR count). The number of rotatable bonds is 7. The minimum atomic E-state index is -4.68. The molecule has 0 unspecified atom stereocenters. The van der Waals surface area contributed by atoms with Crippen molar-refractivity contribution >= 4 is 22.4 Å². The highest BCUT2D eigenvalue weighted by atomic mass is 19.4. The van der Waals surface area contributed by atoms with E-state index in [0.717, 1.165) is 20.9 Å². The van der Waals surface area contributed by atoms with Gasteiger partial charge in [0.15, 0.2) is 24.1 Å². The number of hydrogen-bond acceptors (Lipinski definition) is 7. The molecule has 0 amide bonds. The van der Waals surface area contributed by atoms with Gasteiger partial charge in [0.25, 0.3) is 0 Å². The summed E-state index contributed by atoms with van der Waals surface area (Å²) in [5.41, 5.74) is 0.490. The lowest BCUT2D eigenvalue weighted by Gasteiger charge is -2.14. The first-order valence-electron chi connectivity index (χ1n) is 10.8. The van der Waals surface area contributed by atoms with Crippen LogP contribution in [0.3, 0.4) is 0 Å². The number of aliphatic hydroxyl groups excluding tert-OH is 1. The molecule has 0 spiro atoms. The topological polar surface area (TPSA) is 112 Å². The molecule has 0 saturated carbocycles. The molecule has 3 heterocycles. The first-order chi connectivity index (χ1) is 17.0. The van der Waals surface area contributed by atoms with Crippen LogP contribution in [0.5, 0.6) is 5.75 Å². The molecule has 36 heavy (non-hydrogen) atoms. The number of fused-ring (bicyclic) bond motifs is 1. The van der Waals surface area contributed by atoms with Crippen molar-refractivity contribution in [2.45, 2.75) is 40.1 Å². The predicted molar refractivity (Wildman–Crippen MR) is 122 cm³/mol. The second-order valence-electron chi connectivity index (χ2n) is 8.03. The van der Waals surface area contributed by atoms with Crippen molar-refractivity contribution in [3.63, 3.8) is 0 Å². The third-order valence-electron chi connectivity index (χ3n) is 5.60. The zero-order valence-electron chi connectivity index (χ0n) is 19.8. The lowest BCUT2D eigenvalue weighted by Crippen LogP contribution is -2.25. The van der Waals surface area contributed by atoms with E-state index in [1.54, 1.807) is 33.0 Å². The predicted octanol–water partition coefficient (Wildman–Crippen LogP) is 3.27. The van der Waals surface area contributed by atoms with Crippen LogP contribution < -0.4 is 15.7 Å². The van der Waals surface area contributed by atoms with Crippen LogP contribution >= 0.6 is 0 Å². The number of benzene rings is 1. The summed E-state index contributed by atoms with van der Waals surface area (Å²) >= 11 is 0. The maximum atomic E-state index is 15.9. The van der Waals surface area contributed by atoms with E-state index in [-0.39, 0.29) is 34.8 Å². The van der Waals surface area contributed by atoms with Crippen molar-refractivity contribution in [3.05, 3.63) is 51.7 Å². The minimum Gasteiger partial charge on any atom is -0.483 e. The van der Waals surface area contributed by atoms with Crippen molar-refractivity contribution in [1.82, 2.24) is 29.1 Å². The number of aromatic nitrogens is 6. The summed E-state index contributed by atoms with van der Waals surface area (Å²) in [5.74, 6) is -1.32. The summed E-state index contributed by atoms with van der Waals surface area (Å²) in [4.78, 5) is 17.0. The number of anilines is 2. The number of aryl methyl sites for hydroxylation is 3. The molecule has 2 N–H and O–H groups in total. The van der Waals surface area contributed by atoms with E-state index in [1.807, 2.05) is 0 Å². The van der Waals surface area contributed by atoms with E-state index in [9.17, 15) is 23.1 Å². The third kappa shape index (κ3) is 4.39. The maximum Gasteiger partial charge on any atom is 0.422 e. The van der Waals surface area contributed by atoms with Gasteiger partial charge in [-0.05, 0) is 32.4 Å². The normalized spacial score (nSPS) is 11.9. The largest absolute Gasteiger partial charge is 0.483 e. The van der Waals surface area contributed by atoms with Crippen LogP contribution in [0.15, 0.2) is 23.1 Å². The lowest BCUT2D eigenvalue weighted by atomic mass is 10.1. The van der Waals surface area contributed by atoms with Gasteiger partial charge in [-0.3, -0.25) is 14.2 Å². The highest BCUT2D eigenvalue weighted by Gasteiger charge is 2.31. The van der Waals surface area contributed by atoms with Crippen LogP contribution in [0.25, 0.3) is 16.6 Å². The van der Waals surface area contributed by atoms with E-state index < -0.39 is 36.6 Å². The molecule has 0 aliphatic carbocycles. The Balaban J connectivity index is 1.99. The summed E-state index contributed by atoms with van der Waals surface area (Å²) in [6.45, 7) is 3.05. The maximum absolute atomic E-state index is 15.9. The first-order valence-corrected chi connectivity index (χ1v) is 10.8. The number of nitrogens with zero attached hydrogens (tertiary/aromatic N) is 6. The third-order valence-corrected chi connectivity index (χ3v) is 5.60. The zero-order chi connectivity index (χ0) is 26.4. The highest BCUT2D eigenvalue weighted by molar-refractivity contribution is 5.99. The van der Waals surface area contributed by atoms with Crippen LogP contribution in [0.4, 0.5) is 29.1 Å². The molecule has 3 aromatic heterocycles. The molecule has 0 aliphatic heterocycles. The van der Waals surface area contributed by atoms with Crippen molar-refractivity contribution in [2.24, 2.45) is 7.05 Å². The number of aliphatic hydroxyl groups is 1. The fourth-order valence-corrected chi connectivity index (χ4v) is 3.94. The van der Waals surface area contributed by atoms with Gasteiger partial charge in [-0.1, -0.05) is 0 Å². The van der Waals surface area contributed by atoms with Gasteiger partial charge in [0, 0.05) is 25.9 Å². The Morgan fingerprint density at radius 2 is 1.94 bits per heavy atom. The molecule has 0 radical (unpaired) electrons. The monoisotopic (exact) mass is 509 g/mol. The quantitative estimate of drug-likeness (QED) is 0.368. The Hall–Kier alpha value is -3.94. The fraction of sp³-hybridized carbons (Fsp3) is 0.364. The van der Waals surface area contributed by atoms with E-state index in [0.29, 0.717) is 16.1 Å². The molecular formula is C22H23F4N7O3. The molecule has 1 aromatic carbocycles. The standard InChI is InChI=1S/C22H23F4N7O3/c1-5-32-15(9-34)29-33(21(32)35)13-8-14(36-10-22(24,25)26)16-19(17(13)23)31(4)30-20(16)28-18-11(2)6-7-27-12(18)3/h6-8,34H,5,9-10H2,1-4H3,(H,28,30). The second kappa shape index (κ2) is 9.26. The zero-order valence-corrected chi connectivity index (χ0v) is 19.8. The molecule has 14 heteroatoms. The summed E-state index contributed by atoms with van der Waals surface area (Å²) in [5, 5.41) is 20.7. The van der Waals surface area contributed by atoms with Gasteiger partial charge in [-0.25, -0.2) is 9.18 Å². The van der Waals surface area contributed by atoms with Crippen LogP contribution in [-0.4, -0.2) is 47.0 Å². The summed E-state index contributed by atoms with van der Waals surface area (Å²) in [7, 11) is 1.41. The average Bonchev–Trinajstić information content (AvgIpc) is 3.31. The molecule has 0 bridgehead atoms. The van der Waals surface area contributed by atoms with Gasteiger partial charge >= 0.3 is 11.9 Å². The first kappa shape index (κ1) is 25.2. The second-order valence-corrected chi connectivity index (χ2v) is 8.03. The van der Waals surface area contributed by atoms with E-state index in [1.165, 1.54) is 7.05 Å². The van der Waals surface area contributed by atoms with Crippen LogP contribution in [0.2, 0.25) is 0 Å². The molecule has 0 aliphatic rings. The van der Waals surface area contributed by atoms with Crippen LogP contribution in [0.1, 0.15) is 24.0 Å². The molecule has 0 fully saturated rings. The Bertz CT molecular complexity index is 1480. The summed E-state index contributed by atoms with van der Waals surface area (Å²) < 4.78 is 63.1. The van der Waals surface area contributed by atoms with E-state index in [4.69, 9.17) is 4.74 Å². The fourth-order valence-electron chi connectivity index (χ4n) is 3.94. The molecule has 4 aromatic rings. The average molecular weight is 509 g/mol. The molecule has 192 valence electrons. The van der Waals surface area contributed by atoms with Crippen molar-refractivity contribution < 1.29 is 27.4 Å². The Kier molecular flexibility index (Phi) is 6.47. The molecule has 10 nitrogen and oxygen atoms in total. The number of pyridine rings is 1. The number of nitrogens with one attached hydrogen (secondary N) is 1. The van der Waals surface area contributed by atoms with Gasteiger partial charge < -0.3 is 15.2 Å². The lowest BCUT2D eigenvalue weighted by molar-refractivity contribution is -0.153. The number of halogens is 4. The van der Waals surface area contributed by atoms with Crippen LogP contribution in [-0.2, 0) is 20.2 Å². The van der Waals surface area contributed by atoms with Crippen molar-refractivity contribution in [3.8, 4) is 11.4 Å². The van der Waals surface area contributed by atoms with Gasteiger partial charge in [-0.2, -0.15) is 23.0 Å². The van der Waals surface area contributed by atoms with E-state index in [2.05, 4.69) is 20.5 Å². The van der Waals surface area contributed by atoms with Crippen molar-refractivity contribution in [1.29, 1.82) is 0 Å². The Morgan fingerprint density at radius 3 is 2.53 bits per heavy atom. The van der Waals surface area contributed by atoms with Gasteiger partial charge in [-0.15, -0.1) is 5.10 Å². The molecule has 0 atom stereocenters. The summed E-state index contributed by atoms with van der Waals surface area (Å²) in [6.07, 6.45) is -3.08. The SMILES string of the molecule is CCn1c(CO)nn(-c2cc(OCC(F)(F)F)c3c(Nc4c(C)ccnc4C)nn(C)c3c2F)c1=O. The smallest absolute Gasteiger partial charge is 0.422 e. The van der Waals surface area contributed by atoms with Crippen LogP contribution in [0, 0.1) is 19.7 Å². The molecular weight excluding hydrogens is 486 g/mol. The Labute approximate surface area is 201 Å². The number of hydrogen-bond donors (Lipinski definition) is 2. The highest BCUT2D eigenvalue weighted by Crippen LogP contribution is 2.39.